The Hall–Kier alpha value is -2.13. The van der Waals surface area contributed by atoms with E-state index in [9.17, 15) is 4.79 Å². The van der Waals surface area contributed by atoms with Crippen LogP contribution in [0, 0.1) is 6.92 Å². The van der Waals surface area contributed by atoms with Gasteiger partial charge in [0, 0.05) is 20.1 Å². The van der Waals surface area contributed by atoms with Crippen LogP contribution in [0.3, 0.4) is 0 Å². The number of hydrogen-bond donors (Lipinski definition) is 1. The first-order chi connectivity index (χ1) is 11.2. The van der Waals surface area contributed by atoms with Gasteiger partial charge in [0.25, 0.3) is 0 Å². The van der Waals surface area contributed by atoms with Gasteiger partial charge in [-0.15, -0.1) is 0 Å². The highest BCUT2D eigenvalue weighted by atomic mass is 16.5. The van der Waals surface area contributed by atoms with Gasteiger partial charge in [0.2, 0.25) is 5.91 Å². The van der Waals surface area contributed by atoms with Crippen molar-refractivity contribution in [2.24, 2.45) is 0 Å². The van der Waals surface area contributed by atoms with Crippen LogP contribution >= 0.6 is 0 Å². The van der Waals surface area contributed by atoms with E-state index in [0.717, 1.165) is 18.4 Å². The summed E-state index contributed by atoms with van der Waals surface area (Å²) in [6, 6.07) is 18.4. The van der Waals surface area contributed by atoms with Gasteiger partial charge in [0.05, 0.1) is 6.10 Å². The summed E-state index contributed by atoms with van der Waals surface area (Å²) in [5.74, 6) is 0.0802. The van der Waals surface area contributed by atoms with Crippen LogP contribution < -0.4 is 5.32 Å². The fourth-order valence-electron chi connectivity index (χ4n) is 2.66. The quantitative estimate of drug-likeness (QED) is 0.805. The van der Waals surface area contributed by atoms with Crippen LogP contribution in [-0.4, -0.2) is 19.6 Å². The fraction of sp³-hybridized carbons (Fsp3) is 0.350. The number of ether oxygens (including phenoxy) is 1. The molecule has 2 aromatic carbocycles. The Morgan fingerprint density at radius 2 is 1.78 bits per heavy atom. The molecule has 3 nitrogen and oxygen atoms in total. The summed E-state index contributed by atoms with van der Waals surface area (Å²) in [6.45, 7) is 2.56. The summed E-state index contributed by atoms with van der Waals surface area (Å²) < 4.78 is 5.53. The lowest BCUT2D eigenvalue weighted by Gasteiger charge is -2.18. The van der Waals surface area contributed by atoms with Crippen molar-refractivity contribution in [2.75, 3.05) is 13.7 Å². The summed E-state index contributed by atoms with van der Waals surface area (Å²) in [6.07, 6.45) is 2.23. The highest BCUT2D eigenvalue weighted by Crippen LogP contribution is 2.19. The lowest BCUT2D eigenvalue weighted by Crippen LogP contribution is -2.29. The maximum absolute atomic E-state index is 12.0. The lowest BCUT2D eigenvalue weighted by molar-refractivity contribution is -0.121. The molecule has 0 heterocycles. The molecule has 0 fully saturated rings. The summed E-state index contributed by atoms with van der Waals surface area (Å²) in [5, 5.41) is 2.98. The van der Waals surface area contributed by atoms with E-state index in [0.29, 0.717) is 13.0 Å². The SMILES string of the molecule is COC(CNC(=O)CCCc1ccccc1)c1ccccc1C. The molecule has 2 aromatic rings. The Bertz CT molecular complexity index is 610. The van der Waals surface area contributed by atoms with E-state index < -0.39 is 0 Å². The van der Waals surface area contributed by atoms with Gasteiger partial charge >= 0.3 is 0 Å². The number of hydrogen-bond acceptors (Lipinski definition) is 2. The maximum atomic E-state index is 12.0. The number of aryl methyl sites for hydroxylation is 2. The summed E-state index contributed by atoms with van der Waals surface area (Å²) >= 11 is 0. The molecule has 1 amide bonds. The van der Waals surface area contributed by atoms with E-state index in [-0.39, 0.29) is 12.0 Å². The average molecular weight is 311 g/mol. The number of benzene rings is 2. The van der Waals surface area contributed by atoms with Crippen LogP contribution in [0.4, 0.5) is 0 Å². The minimum Gasteiger partial charge on any atom is -0.375 e. The molecule has 0 radical (unpaired) electrons. The zero-order valence-electron chi connectivity index (χ0n) is 13.9. The van der Waals surface area contributed by atoms with E-state index in [2.05, 4.69) is 30.4 Å². The highest BCUT2D eigenvalue weighted by Gasteiger charge is 2.13. The third kappa shape index (κ3) is 5.53. The van der Waals surface area contributed by atoms with Gasteiger partial charge in [-0.05, 0) is 36.5 Å². The molecule has 1 unspecified atom stereocenters. The van der Waals surface area contributed by atoms with E-state index in [1.54, 1.807) is 7.11 Å². The lowest BCUT2D eigenvalue weighted by atomic mass is 10.0. The molecule has 0 spiro atoms. The monoisotopic (exact) mass is 311 g/mol. The van der Waals surface area contributed by atoms with Crippen molar-refractivity contribution >= 4 is 5.91 Å². The van der Waals surface area contributed by atoms with Crippen LogP contribution in [0.5, 0.6) is 0 Å². The molecule has 2 rings (SSSR count). The maximum Gasteiger partial charge on any atom is 0.220 e. The molecule has 0 aliphatic heterocycles. The van der Waals surface area contributed by atoms with Crippen LogP contribution in [0.25, 0.3) is 0 Å². The van der Waals surface area contributed by atoms with E-state index >= 15 is 0 Å². The van der Waals surface area contributed by atoms with Crippen molar-refractivity contribution in [3.63, 3.8) is 0 Å². The van der Waals surface area contributed by atoms with Crippen LogP contribution in [-0.2, 0) is 16.0 Å². The molecule has 0 aliphatic carbocycles. The number of rotatable bonds is 8. The predicted octanol–water partition coefficient (Wildman–Crippen LogP) is 3.82. The van der Waals surface area contributed by atoms with Gasteiger partial charge in [0.1, 0.15) is 0 Å². The number of methoxy groups -OCH3 is 1. The predicted molar refractivity (Wildman–Crippen MR) is 93.3 cm³/mol. The van der Waals surface area contributed by atoms with Crippen molar-refractivity contribution < 1.29 is 9.53 Å². The number of carbonyl (C=O) groups is 1. The van der Waals surface area contributed by atoms with E-state index in [4.69, 9.17) is 4.74 Å². The second kappa shape index (κ2) is 9.11. The molecule has 3 heteroatoms. The summed E-state index contributed by atoms with van der Waals surface area (Å²) in [4.78, 5) is 12.0. The van der Waals surface area contributed by atoms with Gasteiger partial charge in [-0.1, -0.05) is 54.6 Å². The van der Waals surface area contributed by atoms with Gasteiger partial charge in [-0.25, -0.2) is 0 Å². The number of carbonyl (C=O) groups excluding carboxylic acids is 1. The van der Waals surface area contributed by atoms with Gasteiger partial charge < -0.3 is 10.1 Å². The largest absolute Gasteiger partial charge is 0.375 e. The topological polar surface area (TPSA) is 38.3 Å². The van der Waals surface area contributed by atoms with Crippen molar-refractivity contribution in [1.29, 1.82) is 0 Å². The second-order valence-electron chi connectivity index (χ2n) is 5.72. The molecule has 0 saturated heterocycles. The molecule has 0 saturated carbocycles. The Kier molecular flexibility index (Phi) is 6.82. The molecule has 1 atom stereocenters. The molecular weight excluding hydrogens is 286 g/mol. The Morgan fingerprint density at radius 3 is 2.48 bits per heavy atom. The number of nitrogens with one attached hydrogen (secondary N) is 1. The first-order valence-electron chi connectivity index (χ1n) is 8.09. The van der Waals surface area contributed by atoms with E-state index in [1.807, 2.05) is 36.4 Å². The molecular formula is C20H25NO2. The molecule has 0 bridgehead atoms. The standard InChI is InChI=1S/C20H25NO2/c1-16-9-6-7-13-18(16)19(23-2)15-21-20(22)14-8-12-17-10-4-3-5-11-17/h3-7,9-11,13,19H,8,12,14-15H2,1-2H3,(H,21,22). The van der Waals surface area contributed by atoms with Crippen molar-refractivity contribution in [1.82, 2.24) is 5.32 Å². The Balaban J connectivity index is 1.75. The van der Waals surface area contributed by atoms with Crippen molar-refractivity contribution in [2.45, 2.75) is 32.3 Å². The Morgan fingerprint density at radius 1 is 1.09 bits per heavy atom. The summed E-state index contributed by atoms with van der Waals surface area (Å²) in [7, 11) is 1.68. The average Bonchev–Trinajstić information content (AvgIpc) is 2.58. The first kappa shape index (κ1) is 17.2. The second-order valence-corrected chi connectivity index (χ2v) is 5.72. The van der Waals surface area contributed by atoms with Crippen LogP contribution in [0.2, 0.25) is 0 Å². The molecule has 0 aliphatic rings. The third-order valence-electron chi connectivity index (χ3n) is 4.02. The van der Waals surface area contributed by atoms with Crippen LogP contribution in [0.15, 0.2) is 54.6 Å². The van der Waals surface area contributed by atoms with E-state index in [1.165, 1.54) is 11.1 Å². The minimum absolute atomic E-state index is 0.0802. The smallest absolute Gasteiger partial charge is 0.220 e. The molecule has 122 valence electrons. The highest BCUT2D eigenvalue weighted by molar-refractivity contribution is 5.75. The molecule has 0 aromatic heterocycles. The van der Waals surface area contributed by atoms with Gasteiger partial charge in [-0.2, -0.15) is 0 Å². The number of amides is 1. The minimum atomic E-state index is -0.103. The Labute approximate surface area is 138 Å². The van der Waals surface area contributed by atoms with Crippen molar-refractivity contribution in [3.05, 3.63) is 71.3 Å². The normalized spacial score (nSPS) is 11.9. The molecule has 1 N–H and O–H groups in total. The summed E-state index contributed by atoms with van der Waals surface area (Å²) in [5.41, 5.74) is 3.58. The van der Waals surface area contributed by atoms with Crippen LogP contribution in [0.1, 0.15) is 35.6 Å². The van der Waals surface area contributed by atoms with Gasteiger partial charge in [-0.3, -0.25) is 4.79 Å². The first-order valence-corrected chi connectivity index (χ1v) is 8.09. The van der Waals surface area contributed by atoms with Crippen molar-refractivity contribution in [3.8, 4) is 0 Å². The molecule has 23 heavy (non-hydrogen) atoms. The third-order valence-corrected chi connectivity index (χ3v) is 4.02. The van der Waals surface area contributed by atoms with Gasteiger partial charge in [0.15, 0.2) is 0 Å². The zero-order valence-corrected chi connectivity index (χ0v) is 13.9. The zero-order chi connectivity index (χ0) is 16.5. The fourth-order valence-corrected chi connectivity index (χ4v) is 2.66.